The summed E-state index contributed by atoms with van der Waals surface area (Å²) in [6, 6.07) is 4.01. The smallest absolute Gasteiger partial charge is 0.117 e. The van der Waals surface area contributed by atoms with Gasteiger partial charge in [-0.05, 0) is 39.8 Å². The lowest BCUT2D eigenvalue weighted by Gasteiger charge is -2.52. The Hall–Kier alpha value is -0.800. The summed E-state index contributed by atoms with van der Waals surface area (Å²) in [6.45, 7) is 12.1. The van der Waals surface area contributed by atoms with Crippen LogP contribution in [-0.4, -0.2) is 29.1 Å². The quantitative estimate of drug-likeness (QED) is 0.832. The van der Waals surface area contributed by atoms with Gasteiger partial charge < -0.3 is 9.73 Å². The molecule has 2 rings (SSSR count). The van der Waals surface area contributed by atoms with Crippen molar-refractivity contribution in [3.8, 4) is 0 Å². The first-order valence-corrected chi connectivity index (χ1v) is 5.93. The average molecular weight is 222 g/mol. The summed E-state index contributed by atoms with van der Waals surface area (Å²) in [5.74, 6) is 1.04. The molecule has 2 heterocycles. The first-order chi connectivity index (χ1) is 7.42. The molecule has 1 saturated heterocycles. The number of rotatable bonds is 2. The Morgan fingerprint density at radius 2 is 1.88 bits per heavy atom. The van der Waals surface area contributed by atoms with Crippen LogP contribution < -0.4 is 5.32 Å². The Bertz CT molecular complexity index is 325. The molecule has 3 heteroatoms. The zero-order chi connectivity index (χ0) is 11.8. The van der Waals surface area contributed by atoms with Gasteiger partial charge in [0.2, 0.25) is 0 Å². The fourth-order valence-electron chi connectivity index (χ4n) is 2.67. The van der Waals surface area contributed by atoms with E-state index < -0.39 is 0 Å². The normalized spacial score (nSPS) is 24.5. The number of hydrogen-bond acceptors (Lipinski definition) is 3. The van der Waals surface area contributed by atoms with Crippen LogP contribution >= 0.6 is 0 Å². The van der Waals surface area contributed by atoms with Crippen molar-refractivity contribution in [2.45, 2.75) is 45.3 Å². The van der Waals surface area contributed by atoms with Crippen LogP contribution in [0.15, 0.2) is 22.8 Å². The number of nitrogens with one attached hydrogen (secondary N) is 1. The van der Waals surface area contributed by atoms with Crippen LogP contribution in [-0.2, 0) is 6.54 Å². The van der Waals surface area contributed by atoms with Crippen molar-refractivity contribution in [2.24, 2.45) is 0 Å². The van der Waals surface area contributed by atoms with Gasteiger partial charge in [-0.25, -0.2) is 0 Å². The van der Waals surface area contributed by atoms with Crippen molar-refractivity contribution in [2.75, 3.05) is 13.1 Å². The van der Waals surface area contributed by atoms with E-state index in [-0.39, 0.29) is 11.1 Å². The highest BCUT2D eigenvalue weighted by atomic mass is 16.3. The predicted molar refractivity (Wildman–Crippen MR) is 65.3 cm³/mol. The molecular formula is C13H22N2O. The number of hydrogen-bond donors (Lipinski definition) is 1. The van der Waals surface area contributed by atoms with Crippen molar-refractivity contribution in [1.29, 1.82) is 0 Å². The average Bonchev–Trinajstić information content (AvgIpc) is 2.63. The zero-order valence-electron chi connectivity index (χ0n) is 10.7. The van der Waals surface area contributed by atoms with Gasteiger partial charge in [-0.1, -0.05) is 0 Å². The van der Waals surface area contributed by atoms with Gasteiger partial charge in [0.1, 0.15) is 5.76 Å². The van der Waals surface area contributed by atoms with E-state index in [0.717, 1.165) is 25.4 Å². The minimum atomic E-state index is 0.161. The molecule has 0 atom stereocenters. The molecular weight excluding hydrogens is 200 g/mol. The second-order valence-electron chi connectivity index (χ2n) is 5.89. The monoisotopic (exact) mass is 222 g/mol. The third-order valence-electron chi connectivity index (χ3n) is 3.47. The van der Waals surface area contributed by atoms with Gasteiger partial charge >= 0.3 is 0 Å². The van der Waals surface area contributed by atoms with Crippen molar-refractivity contribution >= 4 is 0 Å². The molecule has 0 bridgehead atoms. The minimum Gasteiger partial charge on any atom is -0.468 e. The Kier molecular flexibility index (Phi) is 2.84. The minimum absolute atomic E-state index is 0.161. The highest BCUT2D eigenvalue weighted by molar-refractivity contribution is 5.05. The van der Waals surface area contributed by atoms with Crippen LogP contribution in [0.1, 0.15) is 33.5 Å². The topological polar surface area (TPSA) is 28.4 Å². The van der Waals surface area contributed by atoms with Gasteiger partial charge in [0.25, 0.3) is 0 Å². The Morgan fingerprint density at radius 3 is 2.38 bits per heavy atom. The molecule has 0 aromatic carbocycles. The molecule has 1 aliphatic rings. The van der Waals surface area contributed by atoms with E-state index in [1.54, 1.807) is 6.26 Å². The van der Waals surface area contributed by atoms with E-state index in [2.05, 4.69) is 37.9 Å². The summed E-state index contributed by atoms with van der Waals surface area (Å²) in [5, 5.41) is 3.50. The number of furan rings is 1. The van der Waals surface area contributed by atoms with Crippen molar-refractivity contribution in [3.63, 3.8) is 0 Å². The van der Waals surface area contributed by atoms with Crippen LogP contribution in [0.25, 0.3) is 0 Å². The van der Waals surface area contributed by atoms with Crippen molar-refractivity contribution in [3.05, 3.63) is 24.2 Å². The summed E-state index contributed by atoms with van der Waals surface area (Å²) in [7, 11) is 0. The van der Waals surface area contributed by atoms with Gasteiger partial charge in [-0.15, -0.1) is 0 Å². The maximum atomic E-state index is 5.46. The highest BCUT2D eigenvalue weighted by Gasteiger charge is 2.41. The lowest BCUT2D eigenvalue weighted by molar-refractivity contribution is -0.0251. The standard InChI is InChI=1S/C13H22N2O/c1-12(2)9-14-10-13(3,4)15(12)8-11-6-5-7-16-11/h5-7,14H,8-10H2,1-4H3. The maximum absolute atomic E-state index is 5.46. The molecule has 0 unspecified atom stereocenters. The van der Waals surface area contributed by atoms with Crippen molar-refractivity contribution in [1.82, 2.24) is 10.2 Å². The van der Waals surface area contributed by atoms with Crippen LogP contribution in [0, 0.1) is 0 Å². The zero-order valence-corrected chi connectivity index (χ0v) is 10.7. The van der Waals surface area contributed by atoms with Gasteiger partial charge in [-0.3, -0.25) is 4.90 Å². The van der Waals surface area contributed by atoms with Crippen LogP contribution in [0.3, 0.4) is 0 Å². The first-order valence-electron chi connectivity index (χ1n) is 5.93. The van der Waals surface area contributed by atoms with Gasteiger partial charge in [0.05, 0.1) is 12.8 Å². The van der Waals surface area contributed by atoms with E-state index in [1.165, 1.54) is 0 Å². The Labute approximate surface area is 97.8 Å². The first kappa shape index (κ1) is 11.7. The SMILES string of the molecule is CC1(C)CNCC(C)(C)N1Cc1ccco1. The van der Waals surface area contributed by atoms with E-state index in [0.29, 0.717) is 0 Å². The molecule has 1 aromatic rings. The molecule has 16 heavy (non-hydrogen) atoms. The molecule has 0 saturated carbocycles. The van der Waals surface area contributed by atoms with E-state index >= 15 is 0 Å². The van der Waals surface area contributed by atoms with Gasteiger partial charge in [0.15, 0.2) is 0 Å². The summed E-state index contributed by atoms with van der Waals surface area (Å²) in [5.41, 5.74) is 0.322. The maximum Gasteiger partial charge on any atom is 0.117 e. The summed E-state index contributed by atoms with van der Waals surface area (Å²) in [4.78, 5) is 2.52. The largest absolute Gasteiger partial charge is 0.468 e. The summed E-state index contributed by atoms with van der Waals surface area (Å²) >= 11 is 0. The number of nitrogens with zero attached hydrogens (tertiary/aromatic N) is 1. The Morgan fingerprint density at radius 1 is 1.25 bits per heavy atom. The fourth-order valence-corrected chi connectivity index (χ4v) is 2.67. The molecule has 1 N–H and O–H groups in total. The van der Waals surface area contributed by atoms with E-state index in [1.807, 2.05) is 12.1 Å². The summed E-state index contributed by atoms with van der Waals surface area (Å²) < 4.78 is 5.46. The van der Waals surface area contributed by atoms with Crippen LogP contribution in [0.5, 0.6) is 0 Å². The number of piperazine rings is 1. The molecule has 90 valence electrons. The molecule has 1 aliphatic heterocycles. The second-order valence-corrected chi connectivity index (χ2v) is 5.89. The second kappa shape index (κ2) is 3.90. The lowest BCUT2D eigenvalue weighted by Crippen LogP contribution is -2.67. The third kappa shape index (κ3) is 2.15. The summed E-state index contributed by atoms with van der Waals surface area (Å²) in [6.07, 6.45) is 1.75. The molecule has 0 aliphatic carbocycles. The lowest BCUT2D eigenvalue weighted by atomic mass is 9.89. The third-order valence-corrected chi connectivity index (χ3v) is 3.47. The van der Waals surface area contributed by atoms with Gasteiger partial charge in [0, 0.05) is 24.2 Å². The highest BCUT2D eigenvalue weighted by Crippen LogP contribution is 2.30. The van der Waals surface area contributed by atoms with Crippen LogP contribution in [0.2, 0.25) is 0 Å². The van der Waals surface area contributed by atoms with Crippen LogP contribution in [0.4, 0.5) is 0 Å². The molecule has 0 radical (unpaired) electrons. The van der Waals surface area contributed by atoms with E-state index in [4.69, 9.17) is 4.42 Å². The molecule has 3 nitrogen and oxygen atoms in total. The molecule has 1 fully saturated rings. The van der Waals surface area contributed by atoms with Gasteiger partial charge in [-0.2, -0.15) is 0 Å². The van der Waals surface area contributed by atoms with Crippen molar-refractivity contribution < 1.29 is 4.42 Å². The fraction of sp³-hybridized carbons (Fsp3) is 0.692. The molecule has 0 spiro atoms. The predicted octanol–water partition coefficient (Wildman–Crippen LogP) is 2.24. The van der Waals surface area contributed by atoms with E-state index in [9.17, 15) is 0 Å². The Balaban J connectivity index is 2.20. The molecule has 0 amide bonds. The molecule has 1 aromatic heterocycles.